The molecular weight excluding hydrogens is 392 g/mol. The lowest BCUT2D eigenvalue weighted by atomic mass is 9.76. The molecule has 5 rings (SSSR count). The van der Waals surface area contributed by atoms with Gasteiger partial charge in [0.25, 0.3) is 0 Å². The number of allylic oxidation sites excluding steroid dienone is 2. The van der Waals surface area contributed by atoms with Crippen molar-refractivity contribution in [3.05, 3.63) is 100 Å². The van der Waals surface area contributed by atoms with Crippen molar-refractivity contribution in [2.45, 2.75) is 25.3 Å². The molecule has 0 unspecified atom stereocenters. The van der Waals surface area contributed by atoms with Crippen LogP contribution < -0.4 is 5.32 Å². The van der Waals surface area contributed by atoms with E-state index in [1.807, 2.05) is 0 Å². The Morgan fingerprint density at radius 2 is 1.90 bits per heavy atom. The average molecular weight is 415 g/mol. The van der Waals surface area contributed by atoms with E-state index in [2.05, 4.69) is 71.8 Å². The first-order valence-corrected chi connectivity index (χ1v) is 10.6. The van der Waals surface area contributed by atoms with Crippen molar-refractivity contribution in [1.29, 1.82) is 0 Å². The molecule has 2 N–H and O–H groups in total. The summed E-state index contributed by atoms with van der Waals surface area (Å²) in [5, 5.41) is 13.6. The predicted molar refractivity (Wildman–Crippen MR) is 124 cm³/mol. The van der Waals surface area contributed by atoms with E-state index in [1.165, 1.54) is 22.4 Å². The van der Waals surface area contributed by atoms with Crippen molar-refractivity contribution >= 4 is 29.2 Å². The zero-order valence-electron chi connectivity index (χ0n) is 16.7. The number of aliphatic imine (C=N–C) groups is 1. The molecule has 3 aromatic carbocycles. The van der Waals surface area contributed by atoms with Crippen molar-refractivity contribution < 1.29 is 5.11 Å². The van der Waals surface area contributed by atoms with Gasteiger partial charge in [0.1, 0.15) is 5.75 Å². The van der Waals surface area contributed by atoms with E-state index in [1.54, 1.807) is 24.4 Å². The van der Waals surface area contributed by atoms with Gasteiger partial charge in [0.2, 0.25) is 0 Å². The van der Waals surface area contributed by atoms with E-state index in [9.17, 15) is 5.11 Å². The molecule has 2 aliphatic rings. The largest absolute Gasteiger partial charge is 0.506 e. The van der Waals surface area contributed by atoms with E-state index in [0.717, 1.165) is 17.7 Å². The second-order valence-electron chi connectivity index (χ2n) is 8.13. The quantitative estimate of drug-likeness (QED) is 0.360. The maximum absolute atomic E-state index is 9.54. The number of phenolic OH excluding ortho intramolecular Hbond substituents is 1. The van der Waals surface area contributed by atoms with Gasteiger partial charge in [0, 0.05) is 17.8 Å². The standard InChI is InChI=1S/C26H23ClN2O/c1-16-5-11-24-22(13-16)20-3-2-4-21(20)26(29-24)18-7-9-19(10-8-18)28-15-17-6-12-25(30)23(27)14-17/h2-3,5-15,20-21,26,29-30H,4H2,1H3/t20-,21+,26+/m1/s1. The number of aromatic hydroxyl groups is 1. The van der Waals surface area contributed by atoms with Crippen LogP contribution in [-0.2, 0) is 0 Å². The summed E-state index contributed by atoms with van der Waals surface area (Å²) in [6.45, 7) is 2.16. The van der Waals surface area contributed by atoms with Crippen molar-refractivity contribution in [3.63, 3.8) is 0 Å². The molecule has 0 saturated carbocycles. The summed E-state index contributed by atoms with van der Waals surface area (Å²) in [5.74, 6) is 1.09. The first kappa shape index (κ1) is 19.0. The Labute approximate surface area is 181 Å². The molecule has 1 aliphatic carbocycles. The van der Waals surface area contributed by atoms with Crippen molar-refractivity contribution in [2.75, 3.05) is 5.32 Å². The number of hydrogen-bond acceptors (Lipinski definition) is 3. The maximum Gasteiger partial charge on any atom is 0.134 e. The number of nitrogens with one attached hydrogen (secondary N) is 1. The highest BCUT2D eigenvalue weighted by molar-refractivity contribution is 6.32. The molecule has 150 valence electrons. The summed E-state index contributed by atoms with van der Waals surface area (Å²) in [6.07, 6.45) is 7.55. The monoisotopic (exact) mass is 414 g/mol. The van der Waals surface area contributed by atoms with Gasteiger partial charge in [-0.05, 0) is 72.4 Å². The molecule has 0 saturated heterocycles. The fraction of sp³-hybridized carbons (Fsp3) is 0.192. The van der Waals surface area contributed by atoms with Gasteiger partial charge in [0.05, 0.1) is 16.8 Å². The first-order valence-electron chi connectivity index (χ1n) is 10.2. The third kappa shape index (κ3) is 3.50. The zero-order chi connectivity index (χ0) is 20.7. The van der Waals surface area contributed by atoms with E-state index >= 15 is 0 Å². The highest BCUT2D eigenvalue weighted by atomic mass is 35.5. The number of hydrogen-bond donors (Lipinski definition) is 2. The van der Waals surface area contributed by atoms with Crippen molar-refractivity contribution in [3.8, 4) is 5.75 Å². The van der Waals surface area contributed by atoms with Crippen LogP contribution in [0, 0.1) is 12.8 Å². The van der Waals surface area contributed by atoms with Crippen LogP contribution >= 0.6 is 11.6 Å². The Balaban J connectivity index is 1.38. The minimum atomic E-state index is 0.0783. The van der Waals surface area contributed by atoms with Gasteiger partial charge < -0.3 is 10.4 Å². The molecule has 3 nitrogen and oxygen atoms in total. The second-order valence-corrected chi connectivity index (χ2v) is 8.53. The topological polar surface area (TPSA) is 44.6 Å². The molecule has 0 amide bonds. The number of halogens is 1. The van der Waals surface area contributed by atoms with E-state index in [0.29, 0.717) is 16.9 Å². The second kappa shape index (κ2) is 7.66. The number of rotatable bonds is 3. The van der Waals surface area contributed by atoms with Crippen LogP contribution in [0.4, 0.5) is 11.4 Å². The minimum Gasteiger partial charge on any atom is -0.506 e. The van der Waals surface area contributed by atoms with Gasteiger partial charge in [-0.25, -0.2) is 0 Å². The van der Waals surface area contributed by atoms with E-state index in [-0.39, 0.29) is 11.8 Å². The molecule has 3 atom stereocenters. The minimum absolute atomic E-state index is 0.0783. The predicted octanol–water partition coefficient (Wildman–Crippen LogP) is 6.93. The number of phenols is 1. The van der Waals surface area contributed by atoms with Crippen LogP contribution in [0.5, 0.6) is 5.75 Å². The fourth-order valence-corrected chi connectivity index (χ4v) is 4.75. The zero-order valence-corrected chi connectivity index (χ0v) is 17.5. The number of benzene rings is 3. The summed E-state index contributed by atoms with van der Waals surface area (Å²) >= 11 is 5.97. The molecule has 4 heteroatoms. The third-order valence-electron chi connectivity index (χ3n) is 6.10. The molecule has 1 aliphatic heterocycles. The summed E-state index contributed by atoms with van der Waals surface area (Å²) in [7, 11) is 0. The molecule has 3 aromatic rings. The average Bonchev–Trinajstić information content (AvgIpc) is 3.25. The SMILES string of the molecule is Cc1ccc2c(c1)[C@@H]1C=CC[C@@H]1[C@H](c1ccc(N=Cc3ccc(O)c(Cl)c3)cc1)N2. The lowest BCUT2D eigenvalue weighted by Gasteiger charge is -2.37. The summed E-state index contributed by atoms with van der Waals surface area (Å²) in [4.78, 5) is 4.55. The maximum atomic E-state index is 9.54. The van der Waals surface area contributed by atoms with Crippen LogP contribution in [0.1, 0.15) is 40.6 Å². The molecule has 0 aromatic heterocycles. The molecule has 1 heterocycles. The Kier molecular flexibility index (Phi) is 4.84. The highest BCUT2D eigenvalue weighted by Gasteiger charge is 2.37. The smallest absolute Gasteiger partial charge is 0.134 e. The fourth-order valence-electron chi connectivity index (χ4n) is 4.56. The van der Waals surface area contributed by atoms with Crippen LogP contribution in [0.25, 0.3) is 0 Å². The van der Waals surface area contributed by atoms with Gasteiger partial charge in [-0.1, -0.05) is 53.6 Å². The molecule has 0 spiro atoms. The lowest BCUT2D eigenvalue weighted by Crippen LogP contribution is -2.29. The first-order chi connectivity index (χ1) is 14.6. The molecule has 0 fully saturated rings. The Morgan fingerprint density at radius 1 is 1.07 bits per heavy atom. The summed E-state index contributed by atoms with van der Waals surface area (Å²) in [6, 6.07) is 20.5. The molecule has 30 heavy (non-hydrogen) atoms. The van der Waals surface area contributed by atoms with Crippen LogP contribution in [0.2, 0.25) is 5.02 Å². The summed E-state index contributed by atoms with van der Waals surface area (Å²) in [5.41, 5.74) is 6.98. The number of aryl methyl sites for hydroxylation is 1. The van der Waals surface area contributed by atoms with Gasteiger partial charge in [-0.2, -0.15) is 0 Å². The van der Waals surface area contributed by atoms with E-state index < -0.39 is 0 Å². The lowest BCUT2D eigenvalue weighted by molar-refractivity contribution is 0.425. The van der Waals surface area contributed by atoms with Gasteiger partial charge in [0.15, 0.2) is 0 Å². The molecular formula is C26H23ClN2O. The number of nitrogens with zero attached hydrogens (tertiary/aromatic N) is 1. The van der Waals surface area contributed by atoms with Crippen LogP contribution in [0.15, 0.2) is 77.8 Å². The van der Waals surface area contributed by atoms with Crippen molar-refractivity contribution in [1.82, 2.24) is 0 Å². The highest BCUT2D eigenvalue weighted by Crippen LogP contribution is 2.50. The van der Waals surface area contributed by atoms with Gasteiger partial charge in [-0.15, -0.1) is 0 Å². The van der Waals surface area contributed by atoms with Gasteiger partial charge in [-0.3, -0.25) is 4.99 Å². The molecule has 0 bridgehead atoms. The number of fused-ring (bicyclic) bond motifs is 3. The summed E-state index contributed by atoms with van der Waals surface area (Å²) < 4.78 is 0. The Morgan fingerprint density at radius 3 is 2.70 bits per heavy atom. The van der Waals surface area contributed by atoms with Crippen LogP contribution in [-0.4, -0.2) is 11.3 Å². The number of anilines is 1. The normalized spacial score (nSPS) is 22.0. The van der Waals surface area contributed by atoms with E-state index in [4.69, 9.17) is 11.6 Å². The molecule has 0 radical (unpaired) electrons. The van der Waals surface area contributed by atoms with Crippen LogP contribution in [0.3, 0.4) is 0 Å². The van der Waals surface area contributed by atoms with Crippen molar-refractivity contribution in [2.24, 2.45) is 10.9 Å². The Hall–Kier alpha value is -3.04. The third-order valence-corrected chi connectivity index (χ3v) is 6.41. The van der Waals surface area contributed by atoms with Gasteiger partial charge >= 0.3 is 0 Å². The Bertz CT molecular complexity index is 1150.